The number of alkyl halides is 3. The first-order valence-electron chi connectivity index (χ1n) is 9.06. The molecule has 4 rings (SSSR count). The summed E-state index contributed by atoms with van der Waals surface area (Å²) in [4.78, 5) is 25.2. The number of esters is 1. The molecule has 0 saturated heterocycles. The fourth-order valence-corrected chi connectivity index (χ4v) is 3.36. The minimum atomic E-state index is -5.01. The molecule has 0 aliphatic heterocycles. The number of hydrogen-bond acceptors (Lipinski definition) is 4. The molecule has 32 heavy (non-hydrogen) atoms. The van der Waals surface area contributed by atoms with Gasteiger partial charge in [-0.15, -0.1) is 0 Å². The Balaban J connectivity index is 1.86. The Kier molecular flexibility index (Phi) is 5.48. The van der Waals surface area contributed by atoms with Gasteiger partial charge in [-0.05, 0) is 30.3 Å². The van der Waals surface area contributed by atoms with E-state index in [1.165, 1.54) is 48.5 Å². The van der Waals surface area contributed by atoms with Crippen LogP contribution in [0, 0.1) is 5.82 Å². The summed E-state index contributed by atoms with van der Waals surface area (Å²) in [5.41, 5.74) is -2.64. The maximum absolute atomic E-state index is 13.8. The summed E-state index contributed by atoms with van der Waals surface area (Å²) in [5, 5.41) is -0.237. The molecule has 162 valence electrons. The van der Waals surface area contributed by atoms with Crippen molar-refractivity contribution in [2.75, 3.05) is 0 Å². The van der Waals surface area contributed by atoms with E-state index >= 15 is 0 Å². The van der Waals surface area contributed by atoms with Gasteiger partial charge in [0.15, 0.2) is 0 Å². The molecule has 0 N–H and O–H groups in total. The van der Waals surface area contributed by atoms with Crippen molar-refractivity contribution in [1.29, 1.82) is 0 Å². The number of carbonyl (C=O) groups excluding carboxylic acids is 1. The topological polar surface area (TPSA) is 56.5 Å². The fraction of sp³-hybridized carbons (Fsp3) is 0.0435. The zero-order chi connectivity index (χ0) is 23.0. The minimum Gasteiger partial charge on any atom is -0.450 e. The molecule has 0 aliphatic carbocycles. The third-order valence-corrected chi connectivity index (χ3v) is 4.90. The standard InChI is InChI=1S/C23H11ClF4O4/c24-16-7-3-1-5-13(16)19-20(29)15-10-9-12(11-18(15)32-21(19)23(26,27)28)31-22(30)14-6-2-4-8-17(14)25/h1-11H. The zero-order valence-electron chi connectivity index (χ0n) is 15.9. The van der Waals surface area contributed by atoms with Crippen molar-refractivity contribution in [2.45, 2.75) is 6.18 Å². The van der Waals surface area contributed by atoms with Crippen molar-refractivity contribution in [3.8, 4) is 16.9 Å². The molecule has 1 aromatic heterocycles. The molecule has 0 atom stereocenters. The van der Waals surface area contributed by atoms with E-state index in [0.29, 0.717) is 0 Å². The second-order valence-corrected chi connectivity index (χ2v) is 7.05. The highest BCUT2D eigenvalue weighted by Gasteiger charge is 2.39. The van der Waals surface area contributed by atoms with Crippen molar-refractivity contribution < 1.29 is 31.5 Å². The normalized spacial score (nSPS) is 11.5. The van der Waals surface area contributed by atoms with Crippen molar-refractivity contribution in [1.82, 2.24) is 0 Å². The summed E-state index contributed by atoms with van der Waals surface area (Å²) in [7, 11) is 0. The lowest BCUT2D eigenvalue weighted by molar-refractivity contribution is -0.152. The van der Waals surface area contributed by atoms with Crippen LogP contribution in [0.4, 0.5) is 17.6 Å². The minimum absolute atomic E-state index is 0.0555. The second kappa shape index (κ2) is 8.12. The monoisotopic (exact) mass is 462 g/mol. The van der Waals surface area contributed by atoms with E-state index in [0.717, 1.165) is 18.2 Å². The van der Waals surface area contributed by atoms with Gasteiger partial charge in [0.2, 0.25) is 11.2 Å². The van der Waals surface area contributed by atoms with E-state index in [-0.39, 0.29) is 27.3 Å². The van der Waals surface area contributed by atoms with E-state index in [1.54, 1.807) is 0 Å². The van der Waals surface area contributed by atoms with Crippen molar-refractivity contribution in [3.63, 3.8) is 0 Å². The molecule has 0 spiro atoms. The van der Waals surface area contributed by atoms with Crippen molar-refractivity contribution >= 4 is 28.5 Å². The number of rotatable bonds is 3. The van der Waals surface area contributed by atoms with Crippen LogP contribution in [0.15, 0.2) is 75.9 Å². The Bertz CT molecular complexity index is 1410. The zero-order valence-corrected chi connectivity index (χ0v) is 16.6. The van der Waals surface area contributed by atoms with Gasteiger partial charge in [0.1, 0.15) is 17.1 Å². The third kappa shape index (κ3) is 3.97. The lowest BCUT2D eigenvalue weighted by Gasteiger charge is -2.14. The van der Waals surface area contributed by atoms with Crippen LogP contribution in [0.3, 0.4) is 0 Å². The van der Waals surface area contributed by atoms with Crippen LogP contribution in [0.25, 0.3) is 22.1 Å². The summed E-state index contributed by atoms with van der Waals surface area (Å²) < 4.78 is 65.1. The molecule has 9 heteroatoms. The molecular formula is C23H11ClF4O4. The molecule has 0 saturated carbocycles. The summed E-state index contributed by atoms with van der Waals surface area (Å²) in [6, 6.07) is 13.9. The molecule has 0 unspecified atom stereocenters. The number of hydrogen-bond donors (Lipinski definition) is 0. The number of benzene rings is 3. The fourth-order valence-electron chi connectivity index (χ4n) is 3.13. The molecule has 4 aromatic rings. The lowest BCUT2D eigenvalue weighted by atomic mass is 10.0. The first kappa shape index (κ1) is 21.6. The molecule has 0 amide bonds. The Hall–Kier alpha value is -3.65. The smallest absolute Gasteiger partial charge is 0.450 e. The Morgan fingerprint density at radius 2 is 1.66 bits per heavy atom. The summed E-state index contributed by atoms with van der Waals surface area (Å²) in [6.07, 6.45) is -5.01. The second-order valence-electron chi connectivity index (χ2n) is 6.64. The van der Waals surface area contributed by atoms with E-state index in [4.69, 9.17) is 20.8 Å². The number of ether oxygens (including phenoxy) is 1. The van der Waals surface area contributed by atoms with Gasteiger partial charge >= 0.3 is 12.1 Å². The average Bonchev–Trinajstić information content (AvgIpc) is 2.74. The van der Waals surface area contributed by atoms with E-state index in [9.17, 15) is 27.2 Å². The number of carbonyl (C=O) groups is 1. The van der Waals surface area contributed by atoms with E-state index in [2.05, 4.69) is 0 Å². The van der Waals surface area contributed by atoms with Crippen LogP contribution in [0.1, 0.15) is 16.1 Å². The molecule has 4 nitrogen and oxygen atoms in total. The molecule has 1 heterocycles. The maximum Gasteiger partial charge on any atom is 0.450 e. The van der Waals surface area contributed by atoms with Gasteiger partial charge in [0.25, 0.3) is 0 Å². The molecular weight excluding hydrogens is 452 g/mol. The average molecular weight is 463 g/mol. The first-order valence-corrected chi connectivity index (χ1v) is 9.44. The Morgan fingerprint density at radius 3 is 2.34 bits per heavy atom. The van der Waals surface area contributed by atoms with Gasteiger partial charge in [0.05, 0.1) is 16.5 Å². The van der Waals surface area contributed by atoms with Gasteiger partial charge in [-0.3, -0.25) is 4.79 Å². The Labute approximate surface area is 182 Å². The number of fused-ring (bicyclic) bond motifs is 1. The van der Waals surface area contributed by atoms with Gasteiger partial charge < -0.3 is 9.15 Å². The van der Waals surface area contributed by atoms with Gasteiger partial charge in [-0.2, -0.15) is 13.2 Å². The maximum atomic E-state index is 13.8. The molecule has 0 bridgehead atoms. The number of halogens is 5. The van der Waals surface area contributed by atoms with Crippen LogP contribution in [-0.4, -0.2) is 5.97 Å². The molecule has 3 aromatic carbocycles. The van der Waals surface area contributed by atoms with E-state index in [1.807, 2.05) is 0 Å². The Morgan fingerprint density at radius 1 is 0.969 bits per heavy atom. The van der Waals surface area contributed by atoms with Crippen molar-refractivity contribution in [2.24, 2.45) is 0 Å². The van der Waals surface area contributed by atoms with Crippen LogP contribution >= 0.6 is 11.6 Å². The molecule has 0 aliphatic rings. The van der Waals surface area contributed by atoms with Crippen LogP contribution in [0.5, 0.6) is 5.75 Å². The largest absolute Gasteiger partial charge is 0.450 e. The highest BCUT2D eigenvalue weighted by molar-refractivity contribution is 6.33. The lowest BCUT2D eigenvalue weighted by Crippen LogP contribution is -2.16. The van der Waals surface area contributed by atoms with Gasteiger partial charge in [0, 0.05) is 16.7 Å². The quantitative estimate of drug-likeness (QED) is 0.198. The van der Waals surface area contributed by atoms with Crippen LogP contribution in [-0.2, 0) is 6.18 Å². The predicted molar refractivity (Wildman–Crippen MR) is 109 cm³/mol. The third-order valence-electron chi connectivity index (χ3n) is 4.57. The SMILES string of the molecule is O=C(Oc1ccc2c(=O)c(-c3ccccc3Cl)c(C(F)(F)F)oc2c1)c1ccccc1F. The predicted octanol–water partition coefficient (Wildman–Crippen LogP) is 6.49. The van der Waals surface area contributed by atoms with Crippen molar-refractivity contribution in [3.05, 3.63) is 99.1 Å². The van der Waals surface area contributed by atoms with Gasteiger partial charge in [-0.25, -0.2) is 9.18 Å². The molecule has 0 fully saturated rings. The van der Waals surface area contributed by atoms with Crippen LogP contribution in [0.2, 0.25) is 5.02 Å². The highest BCUT2D eigenvalue weighted by atomic mass is 35.5. The van der Waals surface area contributed by atoms with E-state index < -0.39 is 40.3 Å². The van der Waals surface area contributed by atoms with Crippen LogP contribution < -0.4 is 10.2 Å². The highest BCUT2D eigenvalue weighted by Crippen LogP contribution is 2.39. The van der Waals surface area contributed by atoms with Gasteiger partial charge in [-0.1, -0.05) is 41.9 Å². The first-order chi connectivity index (χ1) is 15.2. The summed E-state index contributed by atoms with van der Waals surface area (Å²) in [6.45, 7) is 0. The summed E-state index contributed by atoms with van der Waals surface area (Å²) in [5.74, 6) is -3.66. The molecule has 0 radical (unpaired) electrons. The summed E-state index contributed by atoms with van der Waals surface area (Å²) >= 11 is 6.02.